The van der Waals surface area contributed by atoms with E-state index in [0.29, 0.717) is 0 Å². The van der Waals surface area contributed by atoms with Crippen molar-refractivity contribution in [2.75, 3.05) is 9.80 Å². The van der Waals surface area contributed by atoms with Crippen molar-refractivity contribution < 1.29 is 8.83 Å². The molecule has 5 nitrogen and oxygen atoms in total. The third-order valence-electron chi connectivity index (χ3n) is 15.8. The van der Waals surface area contributed by atoms with Crippen molar-refractivity contribution >= 4 is 78.1 Å². The minimum absolute atomic E-state index is 0.0133. The van der Waals surface area contributed by atoms with Crippen molar-refractivity contribution in [2.24, 2.45) is 0 Å². The van der Waals surface area contributed by atoms with Crippen molar-refractivity contribution in [3.05, 3.63) is 184 Å². The average Bonchev–Trinajstić information content (AvgIpc) is 4.18. The first-order valence-electron chi connectivity index (χ1n) is 25.1. The summed E-state index contributed by atoms with van der Waals surface area (Å²) < 4.78 is 14.5. The predicted molar refractivity (Wildman–Crippen MR) is 287 cm³/mol. The Labute approximate surface area is 405 Å². The summed E-state index contributed by atoms with van der Waals surface area (Å²) >= 11 is 0. The molecule has 3 heterocycles. The van der Waals surface area contributed by atoms with E-state index in [9.17, 15) is 0 Å². The second-order valence-electron chi connectivity index (χ2n) is 22.6. The third kappa shape index (κ3) is 6.45. The summed E-state index contributed by atoms with van der Waals surface area (Å²) in [6.07, 6.45) is 8.86. The molecular formula is C64H59N3O2. The summed E-state index contributed by atoms with van der Waals surface area (Å²) in [5, 5.41) is 4.35. The Bertz CT molecular complexity index is 3480. The summed E-state index contributed by atoms with van der Waals surface area (Å²) in [7, 11) is 0. The molecule has 0 unspecified atom stereocenters. The molecule has 13 rings (SSSR count). The highest BCUT2D eigenvalue weighted by Crippen LogP contribution is 2.61. The van der Waals surface area contributed by atoms with Gasteiger partial charge in [0.05, 0.1) is 22.1 Å². The zero-order valence-electron chi connectivity index (χ0n) is 41.2. The fourth-order valence-electron chi connectivity index (χ4n) is 12.0. The molecule has 342 valence electrons. The van der Waals surface area contributed by atoms with Gasteiger partial charge in [0.15, 0.2) is 0 Å². The van der Waals surface area contributed by atoms with Crippen LogP contribution in [0.1, 0.15) is 113 Å². The number of fused-ring (bicyclic) bond motifs is 13. The molecule has 10 aromatic rings. The molecular weight excluding hydrogens is 843 g/mol. The van der Waals surface area contributed by atoms with Gasteiger partial charge in [-0.05, 0) is 161 Å². The number of hydrogen-bond donors (Lipinski definition) is 0. The van der Waals surface area contributed by atoms with E-state index in [2.05, 4.69) is 205 Å². The van der Waals surface area contributed by atoms with Crippen LogP contribution in [0, 0.1) is 0 Å². The van der Waals surface area contributed by atoms with Gasteiger partial charge in [-0.1, -0.05) is 122 Å². The predicted octanol–water partition coefficient (Wildman–Crippen LogP) is 17.7. The molecule has 0 amide bonds. The molecule has 0 N–H and O–H groups in total. The molecule has 3 aliphatic rings. The van der Waals surface area contributed by atoms with Crippen LogP contribution in [0.2, 0.25) is 0 Å². The summed E-state index contributed by atoms with van der Waals surface area (Å²) in [5.41, 5.74) is 21.5. The maximum atomic E-state index is 7.28. The molecule has 0 fully saturated rings. The van der Waals surface area contributed by atoms with Crippen LogP contribution in [0.3, 0.4) is 0 Å². The Hall–Kier alpha value is -7.11. The maximum absolute atomic E-state index is 7.28. The van der Waals surface area contributed by atoms with Gasteiger partial charge >= 0.3 is 0 Å². The number of aromatic nitrogens is 1. The highest BCUT2D eigenvalue weighted by atomic mass is 16.3. The molecule has 0 saturated heterocycles. The van der Waals surface area contributed by atoms with Crippen LogP contribution in [0.25, 0.3) is 55.0 Å². The number of anilines is 6. The fraction of sp³-hybridized carbons (Fsp3) is 0.266. The molecule has 5 heteroatoms. The van der Waals surface area contributed by atoms with Gasteiger partial charge in [0, 0.05) is 50.6 Å². The lowest BCUT2D eigenvalue weighted by atomic mass is 9.81. The Morgan fingerprint density at radius 2 is 0.942 bits per heavy atom. The van der Waals surface area contributed by atoms with E-state index in [-0.39, 0.29) is 10.8 Å². The average molecular weight is 902 g/mol. The maximum Gasteiger partial charge on any atom is 0.145 e. The lowest BCUT2D eigenvalue weighted by Gasteiger charge is -2.30. The van der Waals surface area contributed by atoms with Gasteiger partial charge in [0.25, 0.3) is 0 Å². The Morgan fingerprint density at radius 1 is 0.478 bits per heavy atom. The highest BCUT2D eigenvalue weighted by molar-refractivity contribution is 6.24. The molecule has 7 aromatic carbocycles. The van der Waals surface area contributed by atoms with E-state index in [0.717, 1.165) is 121 Å². The van der Waals surface area contributed by atoms with Gasteiger partial charge in [-0.3, -0.25) is 4.90 Å². The van der Waals surface area contributed by atoms with E-state index >= 15 is 0 Å². The zero-order valence-corrected chi connectivity index (χ0v) is 41.2. The number of para-hydroxylation sites is 2. The molecule has 0 atom stereocenters. The van der Waals surface area contributed by atoms with E-state index in [4.69, 9.17) is 13.8 Å². The molecule has 0 bridgehead atoms. The lowest BCUT2D eigenvalue weighted by Crippen LogP contribution is -2.19. The van der Waals surface area contributed by atoms with Crippen LogP contribution in [0.5, 0.6) is 0 Å². The molecule has 0 saturated carbocycles. The third-order valence-corrected chi connectivity index (χ3v) is 15.8. The molecule has 69 heavy (non-hydrogen) atoms. The standard InChI is InChI=1S/C64H59N3O2/c1-62(2,3)42-24-29-44(30-25-42)66(46-28-23-38-15-13-16-39(38)33-46)51-35-49-58(60-56(51)47-19-9-11-21-53(47)68-60)59-50(64(49,7)8)36-52(57-48-20-10-12-22-54(48)69-61(57)59)67(45-31-26-43(27-32-45)63(4,5)6)55-34-40-17-14-18-41(40)37-65-55/h9-12,19-37H,13-18H2,1-8H3. The van der Waals surface area contributed by atoms with E-state index in [1.165, 1.54) is 50.9 Å². The number of furan rings is 2. The summed E-state index contributed by atoms with van der Waals surface area (Å²) in [6.45, 7) is 18.5. The van der Waals surface area contributed by atoms with Crippen molar-refractivity contribution in [2.45, 2.75) is 110 Å². The van der Waals surface area contributed by atoms with Crippen LogP contribution in [0.4, 0.5) is 34.3 Å². The second-order valence-corrected chi connectivity index (χ2v) is 22.6. The Kier molecular flexibility index (Phi) is 9.10. The van der Waals surface area contributed by atoms with Crippen molar-refractivity contribution in [1.29, 1.82) is 0 Å². The Morgan fingerprint density at radius 3 is 1.49 bits per heavy atom. The summed E-state index contributed by atoms with van der Waals surface area (Å²) in [4.78, 5) is 10.2. The number of aryl methyl sites for hydroxylation is 4. The van der Waals surface area contributed by atoms with Gasteiger partial charge in [0.2, 0.25) is 0 Å². The number of rotatable bonds is 6. The molecule has 0 aliphatic heterocycles. The zero-order chi connectivity index (χ0) is 47.1. The van der Waals surface area contributed by atoms with Crippen molar-refractivity contribution in [3.63, 3.8) is 0 Å². The molecule has 0 spiro atoms. The quantitative estimate of drug-likeness (QED) is 0.166. The van der Waals surface area contributed by atoms with E-state index < -0.39 is 5.41 Å². The minimum Gasteiger partial charge on any atom is -0.455 e. The highest BCUT2D eigenvalue weighted by Gasteiger charge is 2.43. The number of benzene rings is 7. The first-order valence-corrected chi connectivity index (χ1v) is 25.1. The summed E-state index contributed by atoms with van der Waals surface area (Å²) in [5.74, 6) is 0.920. The normalized spacial score (nSPS) is 15.0. The topological polar surface area (TPSA) is 45.7 Å². The number of nitrogens with zero attached hydrogens (tertiary/aromatic N) is 3. The van der Waals surface area contributed by atoms with Gasteiger partial charge in [-0.15, -0.1) is 0 Å². The van der Waals surface area contributed by atoms with E-state index in [1.54, 1.807) is 0 Å². The van der Waals surface area contributed by atoms with Crippen LogP contribution in [-0.2, 0) is 41.9 Å². The Balaban J connectivity index is 1.11. The first kappa shape index (κ1) is 42.0. The smallest absolute Gasteiger partial charge is 0.145 e. The number of hydrogen-bond acceptors (Lipinski definition) is 5. The van der Waals surface area contributed by atoms with Crippen molar-refractivity contribution in [3.8, 4) is 11.1 Å². The van der Waals surface area contributed by atoms with Gasteiger partial charge in [-0.2, -0.15) is 0 Å². The number of pyridine rings is 1. The molecule has 3 aliphatic carbocycles. The summed E-state index contributed by atoms with van der Waals surface area (Å²) in [6, 6.07) is 50.0. The van der Waals surface area contributed by atoms with Crippen LogP contribution >= 0.6 is 0 Å². The lowest BCUT2D eigenvalue weighted by molar-refractivity contribution is 0.590. The second kappa shape index (κ2) is 14.9. The minimum atomic E-state index is -0.471. The molecule has 0 radical (unpaired) electrons. The van der Waals surface area contributed by atoms with E-state index in [1.807, 2.05) is 0 Å². The van der Waals surface area contributed by atoms with Gasteiger partial charge in [-0.25, -0.2) is 4.98 Å². The van der Waals surface area contributed by atoms with Crippen LogP contribution in [0.15, 0.2) is 148 Å². The van der Waals surface area contributed by atoms with Crippen LogP contribution < -0.4 is 9.80 Å². The molecule has 3 aromatic heterocycles. The van der Waals surface area contributed by atoms with Gasteiger partial charge in [0.1, 0.15) is 28.1 Å². The first-order chi connectivity index (χ1) is 33.2. The van der Waals surface area contributed by atoms with Crippen molar-refractivity contribution in [1.82, 2.24) is 4.98 Å². The largest absolute Gasteiger partial charge is 0.455 e. The van der Waals surface area contributed by atoms with Crippen LogP contribution in [-0.4, -0.2) is 4.98 Å². The fourth-order valence-corrected chi connectivity index (χ4v) is 12.0. The van der Waals surface area contributed by atoms with Gasteiger partial charge < -0.3 is 13.7 Å². The SMILES string of the molecule is CC(C)(C)c1ccc(N(c2ccc3c(c2)CCC3)c2cc3c(c4oc5ccccc5c24)-c2c(cc(N(c4ccc(C(C)(C)C)cc4)c4cc5c(cn4)CCC5)c4c2oc2ccccc24)C3(C)C)cc1. The monoisotopic (exact) mass is 901 g/mol.